The minimum Gasteiger partial charge on any atom is -0.322 e. The topological polar surface area (TPSA) is 88.2 Å². The molecular formula is C27H20ClN3O3S2. The molecule has 5 aromatic rings. The number of para-hydroxylation sites is 1. The van der Waals surface area contributed by atoms with Crippen LogP contribution < -0.4 is 10.0 Å². The van der Waals surface area contributed by atoms with Crippen molar-refractivity contribution in [2.75, 3.05) is 10.0 Å². The Morgan fingerprint density at radius 2 is 1.58 bits per heavy atom. The molecule has 0 unspecified atom stereocenters. The van der Waals surface area contributed by atoms with Crippen molar-refractivity contribution < 1.29 is 13.2 Å². The second-order valence-electron chi connectivity index (χ2n) is 8.13. The van der Waals surface area contributed by atoms with Crippen LogP contribution in [0.4, 0.5) is 11.4 Å². The van der Waals surface area contributed by atoms with Crippen molar-refractivity contribution in [3.05, 3.63) is 106 Å². The number of nitrogens with zero attached hydrogens (tertiary/aromatic N) is 1. The first-order valence-corrected chi connectivity index (χ1v) is 13.6. The van der Waals surface area contributed by atoms with Crippen LogP contribution in [0.1, 0.15) is 15.9 Å². The Morgan fingerprint density at radius 3 is 2.28 bits per heavy atom. The fourth-order valence-electron chi connectivity index (χ4n) is 3.69. The van der Waals surface area contributed by atoms with Gasteiger partial charge >= 0.3 is 0 Å². The van der Waals surface area contributed by atoms with E-state index in [2.05, 4.69) is 10.0 Å². The molecule has 0 aliphatic heterocycles. The smallest absolute Gasteiger partial charge is 0.261 e. The quantitative estimate of drug-likeness (QED) is 0.246. The molecule has 9 heteroatoms. The number of sulfonamides is 1. The molecule has 2 N–H and O–H groups in total. The molecule has 2 aromatic heterocycles. The zero-order valence-corrected chi connectivity index (χ0v) is 21.4. The van der Waals surface area contributed by atoms with Crippen molar-refractivity contribution in [2.45, 2.75) is 11.8 Å². The molecule has 0 saturated carbocycles. The molecule has 180 valence electrons. The minimum absolute atomic E-state index is 0.179. The number of aromatic nitrogens is 1. The largest absolute Gasteiger partial charge is 0.322 e. The second-order valence-corrected chi connectivity index (χ2v) is 11.5. The molecular weight excluding hydrogens is 514 g/mol. The summed E-state index contributed by atoms with van der Waals surface area (Å²) in [6.45, 7) is 1.89. The summed E-state index contributed by atoms with van der Waals surface area (Å²) in [7, 11) is -3.72. The predicted molar refractivity (Wildman–Crippen MR) is 146 cm³/mol. The van der Waals surface area contributed by atoms with E-state index in [1.54, 1.807) is 60.7 Å². The third-order valence-electron chi connectivity index (χ3n) is 5.51. The van der Waals surface area contributed by atoms with Gasteiger partial charge in [0, 0.05) is 16.8 Å². The van der Waals surface area contributed by atoms with Gasteiger partial charge in [-0.15, -0.1) is 11.3 Å². The molecule has 36 heavy (non-hydrogen) atoms. The number of carbonyl (C=O) groups is 1. The van der Waals surface area contributed by atoms with Gasteiger partial charge in [-0.25, -0.2) is 13.4 Å². The number of pyridine rings is 1. The molecule has 2 heterocycles. The fraction of sp³-hybridized carbons (Fsp3) is 0.0370. The Bertz CT molecular complexity index is 1680. The zero-order chi connectivity index (χ0) is 25.3. The molecule has 0 spiro atoms. The average molecular weight is 534 g/mol. The predicted octanol–water partition coefficient (Wildman–Crippen LogP) is 6.98. The summed E-state index contributed by atoms with van der Waals surface area (Å²) in [5.74, 6) is -0.300. The van der Waals surface area contributed by atoms with Crippen LogP contribution >= 0.6 is 22.9 Å². The van der Waals surface area contributed by atoms with E-state index < -0.39 is 10.0 Å². The van der Waals surface area contributed by atoms with Crippen LogP contribution in [-0.4, -0.2) is 19.3 Å². The number of thiophene rings is 1. The van der Waals surface area contributed by atoms with E-state index in [1.807, 2.05) is 37.3 Å². The summed E-state index contributed by atoms with van der Waals surface area (Å²) in [6.07, 6.45) is 0. The SMILES string of the molecule is Cc1ccc(S(=O)(=O)Nc2ccc(NC(=O)c3cc(-c4ccc(Cl)s4)nc4ccccc34)cc2)cc1. The molecule has 0 aliphatic carbocycles. The van der Waals surface area contributed by atoms with Gasteiger partial charge in [-0.2, -0.15) is 0 Å². The highest BCUT2D eigenvalue weighted by Crippen LogP contribution is 2.32. The highest BCUT2D eigenvalue weighted by atomic mass is 35.5. The number of benzene rings is 3. The van der Waals surface area contributed by atoms with E-state index in [9.17, 15) is 13.2 Å². The monoisotopic (exact) mass is 533 g/mol. The summed E-state index contributed by atoms with van der Waals surface area (Å²) in [4.78, 5) is 19.0. The Balaban J connectivity index is 1.38. The minimum atomic E-state index is -3.72. The van der Waals surface area contributed by atoms with Gasteiger partial charge in [-0.05, 0) is 67.6 Å². The summed E-state index contributed by atoms with van der Waals surface area (Å²) in [5, 5.41) is 3.62. The molecule has 6 nitrogen and oxygen atoms in total. The maximum absolute atomic E-state index is 13.3. The van der Waals surface area contributed by atoms with Gasteiger partial charge in [-0.1, -0.05) is 47.5 Å². The molecule has 3 aromatic carbocycles. The van der Waals surface area contributed by atoms with Crippen molar-refractivity contribution in [3.8, 4) is 10.6 Å². The van der Waals surface area contributed by atoms with Gasteiger partial charge in [0.15, 0.2) is 0 Å². The second kappa shape index (κ2) is 9.73. The van der Waals surface area contributed by atoms with Gasteiger partial charge < -0.3 is 5.32 Å². The summed E-state index contributed by atoms with van der Waals surface area (Å²) in [5.41, 5.74) is 3.73. The third-order valence-corrected chi connectivity index (χ3v) is 8.16. The van der Waals surface area contributed by atoms with Gasteiger partial charge in [-0.3, -0.25) is 9.52 Å². The van der Waals surface area contributed by atoms with Crippen molar-refractivity contribution >= 4 is 61.1 Å². The lowest BCUT2D eigenvalue weighted by molar-refractivity contribution is 0.102. The Kier molecular flexibility index (Phi) is 6.49. The number of hydrogen-bond donors (Lipinski definition) is 2. The number of anilines is 2. The van der Waals surface area contributed by atoms with Gasteiger partial charge in [0.25, 0.3) is 15.9 Å². The fourth-order valence-corrected chi connectivity index (χ4v) is 5.76. The van der Waals surface area contributed by atoms with E-state index >= 15 is 0 Å². The van der Waals surface area contributed by atoms with Crippen molar-refractivity contribution in [3.63, 3.8) is 0 Å². The number of halogens is 1. The Morgan fingerprint density at radius 1 is 0.889 bits per heavy atom. The van der Waals surface area contributed by atoms with E-state index in [-0.39, 0.29) is 10.8 Å². The molecule has 0 saturated heterocycles. The van der Waals surface area contributed by atoms with Crippen molar-refractivity contribution in [1.29, 1.82) is 0 Å². The molecule has 0 bridgehead atoms. The van der Waals surface area contributed by atoms with Gasteiger partial charge in [0.1, 0.15) is 0 Å². The maximum Gasteiger partial charge on any atom is 0.261 e. The van der Waals surface area contributed by atoms with Crippen LogP contribution in [0.25, 0.3) is 21.5 Å². The molecule has 0 aliphatic rings. The number of amides is 1. The molecule has 1 amide bonds. The van der Waals surface area contributed by atoms with Crippen LogP contribution in [0.3, 0.4) is 0 Å². The zero-order valence-electron chi connectivity index (χ0n) is 19.0. The summed E-state index contributed by atoms with van der Waals surface area (Å²) >= 11 is 7.49. The number of hydrogen-bond acceptors (Lipinski definition) is 5. The molecule has 0 radical (unpaired) electrons. The summed E-state index contributed by atoms with van der Waals surface area (Å²) < 4.78 is 28.5. The molecule has 5 rings (SSSR count). The number of carbonyl (C=O) groups excluding carboxylic acids is 1. The molecule has 0 fully saturated rings. The van der Waals surface area contributed by atoms with Crippen LogP contribution in [0.15, 0.2) is 95.9 Å². The normalized spacial score (nSPS) is 11.4. The van der Waals surface area contributed by atoms with E-state index in [1.165, 1.54) is 11.3 Å². The lowest BCUT2D eigenvalue weighted by Crippen LogP contribution is -2.14. The van der Waals surface area contributed by atoms with Gasteiger partial charge in [0.05, 0.1) is 30.9 Å². The standard InChI is InChI=1S/C27H20ClN3O3S2/c1-17-6-12-20(13-7-17)36(33,34)31-19-10-8-18(9-11-19)29-27(32)22-16-24(25-14-15-26(28)35-25)30-23-5-3-2-4-21(22)23/h2-16,31H,1H3,(H,29,32). The number of rotatable bonds is 6. The number of aryl methyl sites for hydroxylation is 1. The first-order chi connectivity index (χ1) is 17.3. The number of nitrogens with one attached hydrogen (secondary N) is 2. The lowest BCUT2D eigenvalue weighted by atomic mass is 10.1. The third kappa shape index (κ3) is 5.11. The first kappa shape index (κ1) is 24.0. The summed E-state index contributed by atoms with van der Waals surface area (Å²) in [6, 6.07) is 26.0. The van der Waals surface area contributed by atoms with Crippen molar-refractivity contribution in [2.24, 2.45) is 0 Å². The van der Waals surface area contributed by atoms with Crippen LogP contribution in [0.5, 0.6) is 0 Å². The van der Waals surface area contributed by atoms with E-state index in [0.717, 1.165) is 15.8 Å². The van der Waals surface area contributed by atoms with Gasteiger partial charge in [0.2, 0.25) is 0 Å². The Hall–Kier alpha value is -3.72. The average Bonchev–Trinajstić information content (AvgIpc) is 3.31. The van der Waals surface area contributed by atoms with E-state index in [0.29, 0.717) is 32.5 Å². The van der Waals surface area contributed by atoms with E-state index in [4.69, 9.17) is 16.6 Å². The molecule has 0 atom stereocenters. The number of fused-ring (bicyclic) bond motifs is 1. The maximum atomic E-state index is 13.3. The first-order valence-electron chi connectivity index (χ1n) is 10.9. The van der Waals surface area contributed by atoms with Crippen LogP contribution in [0, 0.1) is 6.92 Å². The lowest BCUT2D eigenvalue weighted by Gasteiger charge is -2.11. The van der Waals surface area contributed by atoms with Crippen LogP contribution in [-0.2, 0) is 10.0 Å². The highest BCUT2D eigenvalue weighted by Gasteiger charge is 2.16. The Labute approximate surface area is 217 Å². The highest BCUT2D eigenvalue weighted by molar-refractivity contribution is 7.92. The van der Waals surface area contributed by atoms with Crippen LogP contribution in [0.2, 0.25) is 4.34 Å². The van der Waals surface area contributed by atoms with Crippen molar-refractivity contribution in [1.82, 2.24) is 4.98 Å².